The predicted octanol–water partition coefficient (Wildman–Crippen LogP) is 3.04. The van der Waals surface area contributed by atoms with Crippen LogP contribution < -0.4 is 0 Å². The van der Waals surface area contributed by atoms with Crippen molar-refractivity contribution >= 4 is 11.9 Å². The Morgan fingerprint density at radius 3 is 2.43 bits per heavy atom. The van der Waals surface area contributed by atoms with Gasteiger partial charge in [0.15, 0.2) is 0 Å². The van der Waals surface area contributed by atoms with Gasteiger partial charge in [-0.15, -0.1) is 0 Å². The average Bonchev–Trinajstić information content (AvgIpc) is 2.15. The SMILES string of the molecule is CSN(C)CCCOCCCC(C)C. The minimum Gasteiger partial charge on any atom is -0.381 e. The molecule has 0 heterocycles. The summed E-state index contributed by atoms with van der Waals surface area (Å²) >= 11 is 1.77. The molecule has 0 spiro atoms. The zero-order valence-electron chi connectivity index (χ0n) is 10.1. The Bertz CT molecular complexity index is 120. The highest BCUT2D eigenvalue weighted by Gasteiger charge is 1.96. The molecule has 0 aliphatic rings. The van der Waals surface area contributed by atoms with Crippen molar-refractivity contribution in [2.24, 2.45) is 5.92 Å². The van der Waals surface area contributed by atoms with Gasteiger partial charge in [0.2, 0.25) is 0 Å². The van der Waals surface area contributed by atoms with Crippen LogP contribution in [-0.4, -0.2) is 37.4 Å². The molecule has 3 heteroatoms. The zero-order chi connectivity index (χ0) is 10.8. The van der Waals surface area contributed by atoms with Crippen molar-refractivity contribution in [1.82, 2.24) is 4.31 Å². The lowest BCUT2D eigenvalue weighted by Crippen LogP contribution is -2.12. The maximum absolute atomic E-state index is 5.54. The molecule has 0 atom stereocenters. The maximum atomic E-state index is 5.54. The molecule has 0 aromatic rings. The van der Waals surface area contributed by atoms with E-state index in [0.717, 1.165) is 32.1 Å². The van der Waals surface area contributed by atoms with Crippen molar-refractivity contribution in [2.45, 2.75) is 33.1 Å². The van der Waals surface area contributed by atoms with Crippen LogP contribution in [0.1, 0.15) is 33.1 Å². The monoisotopic (exact) mass is 219 g/mol. The molecule has 0 fully saturated rings. The molecule has 14 heavy (non-hydrogen) atoms. The molecule has 0 unspecified atom stereocenters. The molecular weight excluding hydrogens is 194 g/mol. The number of hydrogen-bond donors (Lipinski definition) is 0. The average molecular weight is 219 g/mol. The van der Waals surface area contributed by atoms with Crippen LogP contribution in [0.15, 0.2) is 0 Å². The molecule has 0 radical (unpaired) electrons. The minimum absolute atomic E-state index is 0.807. The first kappa shape index (κ1) is 14.3. The molecule has 86 valence electrons. The third-order valence-electron chi connectivity index (χ3n) is 2.14. The van der Waals surface area contributed by atoms with Gasteiger partial charge in [-0.3, -0.25) is 4.31 Å². The number of hydrogen-bond acceptors (Lipinski definition) is 3. The standard InChI is InChI=1S/C11H25NOS/c1-11(2)7-5-9-13-10-6-8-12(3)14-4/h11H,5-10H2,1-4H3. The minimum atomic E-state index is 0.807. The molecule has 0 aromatic heterocycles. The van der Waals surface area contributed by atoms with Crippen molar-refractivity contribution in [1.29, 1.82) is 0 Å². The summed E-state index contributed by atoms with van der Waals surface area (Å²) in [5, 5.41) is 0. The van der Waals surface area contributed by atoms with Crippen molar-refractivity contribution in [3.8, 4) is 0 Å². The van der Waals surface area contributed by atoms with E-state index in [2.05, 4.69) is 31.5 Å². The van der Waals surface area contributed by atoms with Gasteiger partial charge in [-0.05, 0) is 38.5 Å². The van der Waals surface area contributed by atoms with E-state index >= 15 is 0 Å². The molecule has 0 rings (SSSR count). The highest BCUT2D eigenvalue weighted by molar-refractivity contribution is 7.96. The third-order valence-corrected chi connectivity index (χ3v) is 2.95. The summed E-state index contributed by atoms with van der Waals surface area (Å²) in [4.78, 5) is 0. The van der Waals surface area contributed by atoms with Crippen LogP contribution in [0.4, 0.5) is 0 Å². The van der Waals surface area contributed by atoms with Crippen LogP contribution in [0, 0.1) is 5.92 Å². The quantitative estimate of drug-likeness (QED) is 0.437. The lowest BCUT2D eigenvalue weighted by Gasteiger charge is -2.12. The Morgan fingerprint density at radius 1 is 1.21 bits per heavy atom. The largest absolute Gasteiger partial charge is 0.381 e. The molecule has 0 aliphatic carbocycles. The Balaban J connectivity index is 2.99. The summed E-state index contributed by atoms with van der Waals surface area (Å²) in [6.45, 7) is 7.47. The van der Waals surface area contributed by atoms with E-state index in [0.29, 0.717) is 0 Å². The van der Waals surface area contributed by atoms with Crippen LogP contribution in [0.3, 0.4) is 0 Å². The first-order chi connectivity index (χ1) is 6.66. The van der Waals surface area contributed by atoms with Gasteiger partial charge in [-0.2, -0.15) is 0 Å². The lowest BCUT2D eigenvalue weighted by atomic mass is 10.1. The van der Waals surface area contributed by atoms with Crippen molar-refractivity contribution in [2.75, 3.05) is 33.1 Å². The van der Waals surface area contributed by atoms with Gasteiger partial charge >= 0.3 is 0 Å². The first-order valence-electron chi connectivity index (χ1n) is 5.49. The maximum Gasteiger partial charge on any atom is 0.0478 e. The summed E-state index contributed by atoms with van der Waals surface area (Å²) in [5.74, 6) is 0.807. The zero-order valence-corrected chi connectivity index (χ0v) is 10.9. The Morgan fingerprint density at radius 2 is 1.86 bits per heavy atom. The molecule has 0 bridgehead atoms. The number of rotatable bonds is 9. The highest BCUT2D eigenvalue weighted by atomic mass is 32.2. The highest BCUT2D eigenvalue weighted by Crippen LogP contribution is 2.04. The third kappa shape index (κ3) is 10.4. The van der Waals surface area contributed by atoms with Gasteiger partial charge in [-0.1, -0.05) is 25.8 Å². The Labute approximate surface area is 93.5 Å². The number of nitrogens with zero attached hydrogens (tertiary/aromatic N) is 1. The van der Waals surface area contributed by atoms with Gasteiger partial charge < -0.3 is 4.74 Å². The number of ether oxygens (including phenoxy) is 1. The second-order valence-corrected chi connectivity index (χ2v) is 5.02. The van der Waals surface area contributed by atoms with E-state index in [-0.39, 0.29) is 0 Å². The van der Waals surface area contributed by atoms with Gasteiger partial charge in [0.1, 0.15) is 0 Å². The molecule has 0 saturated carbocycles. The molecule has 0 aromatic carbocycles. The van der Waals surface area contributed by atoms with E-state index in [4.69, 9.17) is 4.74 Å². The second kappa shape index (κ2) is 9.81. The fourth-order valence-corrected chi connectivity index (χ4v) is 1.49. The van der Waals surface area contributed by atoms with Crippen LogP contribution in [-0.2, 0) is 4.74 Å². The topological polar surface area (TPSA) is 12.5 Å². The van der Waals surface area contributed by atoms with E-state index in [1.807, 2.05) is 0 Å². The van der Waals surface area contributed by atoms with Crippen LogP contribution in [0.25, 0.3) is 0 Å². The molecule has 0 amide bonds. The normalized spacial score (nSPS) is 11.6. The summed E-state index contributed by atoms with van der Waals surface area (Å²) in [5.41, 5.74) is 0. The van der Waals surface area contributed by atoms with Gasteiger partial charge in [0.05, 0.1) is 0 Å². The summed E-state index contributed by atoms with van der Waals surface area (Å²) in [6.07, 6.45) is 5.73. The Kier molecular flexibility index (Phi) is 10.0. The van der Waals surface area contributed by atoms with Crippen LogP contribution >= 0.6 is 11.9 Å². The lowest BCUT2D eigenvalue weighted by molar-refractivity contribution is 0.123. The van der Waals surface area contributed by atoms with Gasteiger partial charge in [0.25, 0.3) is 0 Å². The van der Waals surface area contributed by atoms with Gasteiger partial charge in [-0.25, -0.2) is 0 Å². The van der Waals surface area contributed by atoms with E-state index < -0.39 is 0 Å². The first-order valence-corrected chi connectivity index (χ1v) is 6.68. The predicted molar refractivity (Wildman–Crippen MR) is 65.7 cm³/mol. The van der Waals surface area contributed by atoms with Crippen molar-refractivity contribution in [3.05, 3.63) is 0 Å². The molecular formula is C11H25NOS. The Hall–Kier alpha value is 0.270. The van der Waals surface area contributed by atoms with Crippen LogP contribution in [0.2, 0.25) is 0 Å². The van der Waals surface area contributed by atoms with E-state index in [1.54, 1.807) is 11.9 Å². The summed E-state index contributed by atoms with van der Waals surface area (Å²) < 4.78 is 7.78. The molecule has 2 nitrogen and oxygen atoms in total. The molecule has 0 saturated heterocycles. The van der Waals surface area contributed by atoms with Crippen LogP contribution in [0.5, 0.6) is 0 Å². The van der Waals surface area contributed by atoms with Gasteiger partial charge in [0, 0.05) is 19.8 Å². The molecule has 0 N–H and O–H groups in total. The van der Waals surface area contributed by atoms with E-state index in [1.165, 1.54) is 12.8 Å². The summed E-state index contributed by atoms with van der Waals surface area (Å²) in [7, 11) is 2.11. The molecule has 0 aliphatic heterocycles. The fraction of sp³-hybridized carbons (Fsp3) is 1.00. The second-order valence-electron chi connectivity index (χ2n) is 4.04. The summed E-state index contributed by atoms with van der Waals surface area (Å²) in [6, 6.07) is 0. The van der Waals surface area contributed by atoms with Crippen molar-refractivity contribution in [3.63, 3.8) is 0 Å². The van der Waals surface area contributed by atoms with Crippen molar-refractivity contribution < 1.29 is 4.74 Å². The smallest absolute Gasteiger partial charge is 0.0478 e. The fourth-order valence-electron chi connectivity index (χ4n) is 1.18. The van der Waals surface area contributed by atoms with E-state index in [9.17, 15) is 0 Å².